The molecule has 39 heavy (non-hydrogen) atoms. The summed E-state index contributed by atoms with van der Waals surface area (Å²) in [7, 11) is 0. The second-order valence-electron chi connectivity index (χ2n) is 8.84. The molecular weight excluding hydrogens is 516 g/mol. The van der Waals surface area contributed by atoms with Crippen LogP contribution >= 0.6 is 0 Å². The van der Waals surface area contributed by atoms with E-state index in [-0.39, 0.29) is 18.6 Å². The predicted octanol–water partition coefficient (Wildman–Crippen LogP) is -2.46. The highest BCUT2D eigenvalue weighted by molar-refractivity contribution is 5.95. The number of hydrogen-bond donors (Lipinski definition) is 9. The summed E-state index contributed by atoms with van der Waals surface area (Å²) < 4.78 is 0. The molecule has 1 rings (SSSR count). The van der Waals surface area contributed by atoms with Crippen LogP contribution in [0.4, 0.5) is 0 Å². The summed E-state index contributed by atoms with van der Waals surface area (Å²) in [4.78, 5) is 72.7. The minimum Gasteiger partial charge on any atom is -0.508 e. The van der Waals surface area contributed by atoms with Gasteiger partial charge in [0.25, 0.3) is 0 Å². The number of phenols is 1. The van der Waals surface area contributed by atoms with Crippen LogP contribution in [0.2, 0.25) is 0 Å². The van der Waals surface area contributed by atoms with Gasteiger partial charge in [0.2, 0.25) is 23.6 Å². The van der Waals surface area contributed by atoms with Crippen molar-refractivity contribution in [2.75, 3.05) is 13.1 Å². The van der Waals surface area contributed by atoms with E-state index in [9.17, 15) is 44.1 Å². The Hall–Kier alpha value is -4.24. The van der Waals surface area contributed by atoms with Gasteiger partial charge in [0.1, 0.15) is 23.9 Å². The first-order valence-electron chi connectivity index (χ1n) is 12.2. The van der Waals surface area contributed by atoms with Gasteiger partial charge < -0.3 is 48.1 Å². The van der Waals surface area contributed by atoms with E-state index < -0.39 is 72.7 Å². The number of unbranched alkanes of at least 4 members (excludes halogenated alkanes) is 1. The Morgan fingerprint density at radius 3 is 2.00 bits per heavy atom. The molecule has 11 N–H and O–H groups in total. The number of carbonyl (C=O) groups excluding carboxylic acids is 4. The van der Waals surface area contributed by atoms with Crippen LogP contribution < -0.4 is 32.7 Å². The van der Waals surface area contributed by atoms with Gasteiger partial charge in [0.05, 0.1) is 19.0 Å². The number of nitrogens with one attached hydrogen (secondary N) is 4. The van der Waals surface area contributed by atoms with Crippen LogP contribution in [0, 0.1) is 0 Å². The minimum absolute atomic E-state index is 0.0152. The number of benzene rings is 1. The lowest BCUT2D eigenvalue weighted by molar-refractivity contribution is -0.142. The van der Waals surface area contributed by atoms with E-state index in [4.69, 9.17) is 11.5 Å². The molecule has 1 aromatic carbocycles. The maximum Gasteiger partial charge on any atom is 0.326 e. The number of rotatable bonds is 17. The Bertz CT molecular complexity index is 1020. The van der Waals surface area contributed by atoms with E-state index in [1.54, 1.807) is 0 Å². The van der Waals surface area contributed by atoms with E-state index in [2.05, 4.69) is 21.3 Å². The third-order valence-corrected chi connectivity index (χ3v) is 5.44. The molecule has 0 spiro atoms. The van der Waals surface area contributed by atoms with Gasteiger partial charge in [-0.15, -0.1) is 0 Å². The molecule has 0 aliphatic carbocycles. The zero-order valence-corrected chi connectivity index (χ0v) is 21.5. The molecule has 0 unspecified atom stereocenters. The first kappa shape index (κ1) is 32.8. The quantitative estimate of drug-likeness (QED) is 0.0915. The van der Waals surface area contributed by atoms with E-state index in [1.165, 1.54) is 31.2 Å². The Labute approximate surface area is 224 Å². The fourth-order valence-electron chi connectivity index (χ4n) is 3.32. The summed E-state index contributed by atoms with van der Waals surface area (Å²) in [5.41, 5.74) is 11.5. The van der Waals surface area contributed by atoms with Gasteiger partial charge in [-0.05, 0) is 50.4 Å². The summed E-state index contributed by atoms with van der Waals surface area (Å²) in [5, 5.41) is 37.1. The molecule has 0 aliphatic rings. The van der Waals surface area contributed by atoms with Gasteiger partial charge in [0.15, 0.2) is 0 Å². The standard InChI is InChI=1S/C24H36N6O9/c1-13(26)21(35)29-16(4-2-3-9-25)23(37)30-17(11-20(33)34)22(36)27-12-19(32)28-18(24(38)39)10-14-5-7-15(31)8-6-14/h5-8,13,16-18,31H,2-4,9-12,25-26H2,1H3,(H,27,36)(H,28,32)(H,29,35)(H,30,37)(H,33,34)(H,38,39)/t13-,16-,17-,18-/m0/s1. The Morgan fingerprint density at radius 2 is 1.46 bits per heavy atom. The highest BCUT2D eigenvalue weighted by Crippen LogP contribution is 2.11. The second kappa shape index (κ2) is 16.6. The molecular formula is C24H36N6O9. The molecule has 0 aromatic heterocycles. The number of amides is 4. The van der Waals surface area contributed by atoms with E-state index in [0.717, 1.165) is 0 Å². The molecule has 0 radical (unpaired) electrons. The number of aliphatic carboxylic acids is 2. The molecule has 0 saturated carbocycles. The highest BCUT2D eigenvalue weighted by Gasteiger charge is 2.29. The first-order chi connectivity index (χ1) is 18.3. The topological polar surface area (TPSA) is 263 Å². The van der Waals surface area contributed by atoms with Crippen molar-refractivity contribution in [3.63, 3.8) is 0 Å². The molecule has 0 heterocycles. The van der Waals surface area contributed by atoms with E-state index in [0.29, 0.717) is 24.9 Å². The van der Waals surface area contributed by atoms with Crippen molar-refractivity contribution in [2.45, 2.75) is 63.2 Å². The Morgan fingerprint density at radius 1 is 0.846 bits per heavy atom. The van der Waals surface area contributed by atoms with Crippen LogP contribution in [0.1, 0.15) is 38.2 Å². The molecule has 0 aliphatic heterocycles. The average molecular weight is 553 g/mol. The normalized spacial score (nSPS) is 13.7. The maximum atomic E-state index is 12.8. The largest absolute Gasteiger partial charge is 0.508 e. The van der Waals surface area contributed by atoms with Gasteiger partial charge in [-0.25, -0.2) is 4.79 Å². The molecule has 216 valence electrons. The summed E-state index contributed by atoms with van der Waals surface area (Å²) in [6, 6.07) is 0.705. The zero-order valence-electron chi connectivity index (χ0n) is 21.5. The van der Waals surface area contributed by atoms with Crippen molar-refractivity contribution in [3.05, 3.63) is 29.8 Å². The number of hydrogen-bond acceptors (Lipinski definition) is 9. The van der Waals surface area contributed by atoms with Gasteiger partial charge in [-0.3, -0.25) is 24.0 Å². The third-order valence-electron chi connectivity index (χ3n) is 5.44. The van der Waals surface area contributed by atoms with Crippen molar-refractivity contribution >= 4 is 35.6 Å². The lowest BCUT2D eigenvalue weighted by Crippen LogP contribution is -2.56. The van der Waals surface area contributed by atoms with Gasteiger partial charge >= 0.3 is 11.9 Å². The molecule has 4 atom stereocenters. The van der Waals surface area contributed by atoms with Crippen molar-refractivity contribution < 1.29 is 44.1 Å². The van der Waals surface area contributed by atoms with E-state index >= 15 is 0 Å². The van der Waals surface area contributed by atoms with Crippen LogP contribution in [0.3, 0.4) is 0 Å². The van der Waals surface area contributed by atoms with Crippen molar-refractivity contribution in [2.24, 2.45) is 11.5 Å². The molecule has 0 bridgehead atoms. The van der Waals surface area contributed by atoms with E-state index in [1.807, 2.05) is 0 Å². The summed E-state index contributed by atoms with van der Waals surface area (Å²) >= 11 is 0. The number of aromatic hydroxyl groups is 1. The van der Waals surface area contributed by atoms with Crippen LogP contribution in [0.25, 0.3) is 0 Å². The fraction of sp³-hybridized carbons (Fsp3) is 0.500. The smallest absolute Gasteiger partial charge is 0.326 e. The van der Waals surface area contributed by atoms with Crippen LogP contribution in [-0.2, 0) is 35.2 Å². The van der Waals surface area contributed by atoms with Crippen LogP contribution in [-0.4, -0.2) is 88.1 Å². The Balaban J connectivity index is 2.82. The number of carboxylic acids is 2. The highest BCUT2D eigenvalue weighted by atomic mass is 16.4. The third kappa shape index (κ3) is 12.7. The van der Waals surface area contributed by atoms with Crippen molar-refractivity contribution in [1.29, 1.82) is 0 Å². The second-order valence-corrected chi connectivity index (χ2v) is 8.84. The summed E-state index contributed by atoms with van der Waals surface area (Å²) in [6.07, 6.45) is 0.234. The van der Waals surface area contributed by atoms with Crippen LogP contribution in [0.5, 0.6) is 5.75 Å². The zero-order chi connectivity index (χ0) is 29.5. The lowest BCUT2D eigenvalue weighted by atomic mass is 10.1. The number of phenolic OH excluding ortho intramolecular Hbond substituents is 1. The molecule has 4 amide bonds. The lowest BCUT2D eigenvalue weighted by Gasteiger charge is -2.23. The molecule has 1 aromatic rings. The maximum absolute atomic E-state index is 12.8. The predicted molar refractivity (Wildman–Crippen MR) is 137 cm³/mol. The summed E-state index contributed by atoms with van der Waals surface area (Å²) in [6.45, 7) is 1.06. The van der Waals surface area contributed by atoms with Gasteiger partial charge in [-0.2, -0.15) is 0 Å². The number of nitrogens with two attached hydrogens (primary N) is 2. The number of carbonyl (C=O) groups is 6. The molecule has 0 fully saturated rings. The van der Waals surface area contributed by atoms with Gasteiger partial charge in [-0.1, -0.05) is 12.1 Å². The SMILES string of the molecule is C[C@H](N)C(=O)N[C@@H](CCCCN)C(=O)N[C@@H](CC(=O)O)C(=O)NCC(=O)N[C@@H](Cc1ccc(O)cc1)C(=O)O. The molecule has 0 saturated heterocycles. The molecule has 15 nitrogen and oxygen atoms in total. The van der Waals surface area contributed by atoms with Gasteiger partial charge in [0, 0.05) is 6.42 Å². The number of carboxylic acid groups (broad SMARTS) is 2. The van der Waals surface area contributed by atoms with Crippen molar-refractivity contribution in [3.8, 4) is 5.75 Å². The minimum atomic E-state index is -1.60. The monoisotopic (exact) mass is 552 g/mol. The Kier molecular flexibility index (Phi) is 13.9. The fourth-order valence-corrected chi connectivity index (χ4v) is 3.32. The molecule has 15 heteroatoms. The summed E-state index contributed by atoms with van der Waals surface area (Å²) in [5.74, 6) is -6.11. The average Bonchev–Trinajstić information content (AvgIpc) is 2.86. The first-order valence-corrected chi connectivity index (χ1v) is 12.2. The van der Waals surface area contributed by atoms with Crippen LogP contribution in [0.15, 0.2) is 24.3 Å². The van der Waals surface area contributed by atoms with Crippen molar-refractivity contribution in [1.82, 2.24) is 21.3 Å².